The van der Waals surface area contributed by atoms with E-state index in [1.807, 2.05) is 49.4 Å². The van der Waals surface area contributed by atoms with Crippen molar-refractivity contribution in [3.63, 3.8) is 0 Å². The lowest BCUT2D eigenvalue weighted by atomic mass is 10.2. The summed E-state index contributed by atoms with van der Waals surface area (Å²) in [5.41, 5.74) is 1.02. The standard InChI is InChI=1S/C19H19Cl2N3OS/c1-3-24-18(13(2)25-16-7-5-4-6-8-16)22-23-19(24)26-12-14-9-10-15(20)11-17(14)21/h4-11,13H,3,12H2,1-2H3/t13-/m0/s1. The van der Waals surface area contributed by atoms with Gasteiger partial charge in [-0.25, -0.2) is 0 Å². The summed E-state index contributed by atoms with van der Waals surface area (Å²) in [6, 6.07) is 15.3. The number of thioether (sulfide) groups is 1. The molecule has 7 heteroatoms. The molecule has 1 atom stereocenters. The van der Waals surface area contributed by atoms with E-state index < -0.39 is 0 Å². The minimum Gasteiger partial charge on any atom is -0.483 e. The van der Waals surface area contributed by atoms with E-state index in [1.54, 1.807) is 17.8 Å². The monoisotopic (exact) mass is 407 g/mol. The molecule has 0 spiro atoms. The van der Waals surface area contributed by atoms with Crippen LogP contribution in [0.25, 0.3) is 0 Å². The van der Waals surface area contributed by atoms with Crippen LogP contribution in [0.2, 0.25) is 10.0 Å². The van der Waals surface area contributed by atoms with Crippen molar-refractivity contribution < 1.29 is 4.74 Å². The SMILES string of the molecule is CCn1c(SCc2ccc(Cl)cc2Cl)nnc1[C@H](C)Oc1ccccc1. The predicted octanol–water partition coefficient (Wildman–Crippen LogP) is 6.04. The van der Waals surface area contributed by atoms with Crippen molar-refractivity contribution in [1.82, 2.24) is 14.8 Å². The third kappa shape index (κ3) is 4.53. The number of hydrogen-bond donors (Lipinski definition) is 0. The third-order valence-electron chi connectivity index (χ3n) is 3.85. The molecule has 3 aromatic rings. The summed E-state index contributed by atoms with van der Waals surface area (Å²) in [7, 11) is 0. The second-order valence-electron chi connectivity index (χ2n) is 5.68. The Kier molecular flexibility index (Phi) is 6.46. The van der Waals surface area contributed by atoms with Crippen molar-refractivity contribution in [2.24, 2.45) is 0 Å². The molecule has 26 heavy (non-hydrogen) atoms. The highest BCUT2D eigenvalue weighted by molar-refractivity contribution is 7.98. The summed E-state index contributed by atoms with van der Waals surface area (Å²) in [6.45, 7) is 4.82. The maximum absolute atomic E-state index is 6.25. The molecule has 3 rings (SSSR count). The van der Waals surface area contributed by atoms with Crippen LogP contribution in [0, 0.1) is 0 Å². The van der Waals surface area contributed by atoms with Crippen LogP contribution < -0.4 is 4.74 Å². The molecular formula is C19H19Cl2N3OS. The molecular weight excluding hydrogens is 389 g/mol. The Balaban J connectivity index is 1.73. The van der Waals surface area contributed by atoms with E-state index >= 15 is 0 Å². The van der Waals surface area contributed by atoms with Gasteiger partial charge in [-0.1, -0.05) is 59.2 Å². The number of aromatic nitrogens is 3. The Morgan fingerprint density at radius 1 is 1.12 bits per heavy atom. The molecule has 4 nitrogen and oxygen atoms in total. The lowest BCUT2D eigenvalue weighted by Crippen LogP contribution is -2.11. The molecule has 0 aliphatic heterocycles. The van der Waals surface area contributed by atoms with Gasteiger partial charge in [0.05, 0.1) is 0 Å². The highest BCUT2D eigenvalue weighted by atomic mass is 35.5. The number of halogens is 2. The Bertz CT molecular complexity index is 870. The van der Waals surface area contributed by atoms with Gasteiger partial charge in [-0.2, -0.15) is 0 Å². The molecule has 0 amide bonds. The first kappa shape index (κ1) is 19.1. The first-order valence-electron chi connectivity index (χ1n) is 8.30. The zero-order chi connectivity index (χ0) is 18.5. The van der Waals surface area contributed by atoms with Crippen molar-refractivity contribution in [1.29, 1.82) is 0 Å². The second kappa shape index (κ2) is 8.80. The Morgan fingerprint density at radius 3 is 2.58 bits per heavy atom. The summed E-state index contributed by atoms with van der Waals surface area (Å²) in [6.07, 6.45) is -0.196. The van der Waals surface area contributed by atoms with Crippen molar-refractivity contribution in [3.05, 3.63) is 70.0 Å². The van der Waals surface area contributed by atoms with Gasteiger partial charge in [-0.15, -0.1) is 10.2 Å². The largest absolute Gasteiger partial charge is 0.483 e. The number of ether oxygens (including phenoxy) is 1. The van der Waals surface area contributed by atoms with Gasteiger partial charge in [0.2, 0.25) is 0 Å². The van der Waals surface area contributed by atoms with E-state index in [0.717, 1.165) is 28.8 Å². The van der Waals surface area contributed by atoms with Crippen LogP contribution in [-0.4, -0.2) is 14.8 Å². The molecule has 0 N–H and O–H groups in total. The molecule has 0 aliphatic rings. The summed E-state index contributed by atoms with van der Waals surface area (Å²) in [5, 5.41) is 10.8. The van der Waals surface area contributed by atoms with E-state index in [2.05, 4.69) is 21.7 Å². The molecule has 1 aromatic heterocycles. The van der Waals surface area contributed by atoms with E-state index in [-0.39, 0.29) is 6.10 Å². The van der Waals surface area contributed by atoms with Gasteiger partial charge in [-0.3, -0.25) is 0 Å². The highest BCUT2D eigenvalue weighted by Gasteiger charge is 2.19. The number of benzene rings is 2. The molecule has 0 saturated heterocycles. The smallest absolute Gasteiger partial charge is 0.191 e. The molecule has 0 unspecified atom stereocenters. The van der Waals surface area contributed by atoms with E-state index in [0.29, 0.717) is 15.8 Å². The fourth-order valence-electron chi connectivity index (χ4n) is 2.54. The third-order valence-corrected chi connectivity index (χ3v) is 5.46. The molecule has 0 fully saturated rings. The number of nitrogens with zero attached hydrogens (tertiary/aromatic N) is 3. The van der Waals surface area contributed by atoms with Gasteiger partial charge in [0.25, 0.3) is 0 Å². The van der Waals surface area contributed by atoms with Crippen LogP contribution in [0.3, 0.4) is 0 Å². The van der Waals surface area contributed by atoms with Crippen LogP contribution in [0.4, 0.5) is 0 Å². The van der Waals surface area contributed by atoms with Crippen LogP contribution in [0.15, 0.2) is 53.7 Å². The predicted molar refractivity (Wildman–Crippen MR) is 107 cm³/mol. The quantitative estimate of drug-likeness (QED) is 0.447. The van der Waals surface area contributed by atoms with Gasteiger partial charge in [0, 0.05) is 22.3 Å². The van der Waals surface area contributed by atoms with Crippen LogP contribution >= 0.6 is 35.0 Å². The molecule has 136 valence electrons. The van der Waals surface area contributed by atoms with Gasteiger partial charge in [-0.05, 0) is 43.7 Å². The first-order chi connectivity index (χ1) is 12.6. The van der Waals surface area contributed by atoms with Crippen LogP contribution in [0.1, 0.15) is 31.3 Å². The molecule has 0 bridgehead atoms. The van der Waals surface area contributed by atoms with Crippen molar-refractivity contribution in [2.45, 2.75) is 37.4 Å². The van der Waals surface area contributed by atoms with Crippen molar-refractivity contribution >= 4 is 35.0 Å². The summed E-state index contributed by atoms with van der Waals surface area (Å²) < 4.78 is 8.05. The lowest BCUT2D eigenvalue weighted by Gasteiger charge is -2.15. The molecule has 2 aromatic carbocycles. The maximum Gasteiger partial charge on any atom is 0.191 e. The molecule has 0 aliphatic carbocycles. The number of para-hydroxylation sites is 1. The van der Waals surface area contributed by atoms with Gasteiger partial charge < -0.3 is 9.30 Å². The maximum atomic E-state index is 6.25. The summed E-state index contributed by atoms with van der Waals surface area (Å²) in [5.74, 6) is 2.32. The lowest BCUT2D eigenvalue weighted by molar-refractivity contribution is 0.210. The van der Waals surface area contributed by atoms with Crippen molar-refractivity contribution in [2.75, 3.05) is 0 Å². The molecule has 0 saturated carbocycles. The Hall–Kier alpha value is -1.69. The van der Waals surface area contributed by atoms with E-state index in [9.17, 15) is 0 Å². The molecule has 1 heterocycles. The molecule has 0 radical (unpaired) electrons. The zero-order valence-corrected chi connectivity index (χ0v) is 16.9. The fourth-order valence-corrected chi connectivity index (χ4v) is 4.11. The minimum absolute atomic E-state index is 0.196. The first-order valence-corrected chi connectivity index (χ1v) is 10.0. The van der Waals surface area contributed by atoms with Gasteiger partial charge >= 0.3 is 0 Å². The zero-order valence-electron chi connectivity index (χ0n) is 14.5. The number of hydrogen-bond acceptors (Lipinski definition) is 4. The highest BCUT2D eigenvalue weighted by Crippen LogP contribution is 2.29. The Morgan fingerprint density at radius 2 is 1.88 bits per heavy atom. The topological polar surface area (TPSA) is 39.9 Å². The van der Waals surface area contributed by atoms with Crippen LogP contribution in [0.5, 0.6) is 5.75 Å². The minimum atomic E-state index is -0.196. The van der Waals surface area contributed by atoms with Crippen LogP contribution in [-0.2, 0) is 12.3 Å². The average molecular weight is 408 g/mol. The Labute approximate surface area is 167 Å². The fraction of sp³-hybridized carbons (Fsp3) is 0.263. The van der Waals surface area contributed by atoms with E-state index in [4.69, 9.17) is 27.9 Å². The summed E-state index contributed by atoms with van der Waals surface area (Å²) >= 11 is 13.8. The van der Waals surface area contributed by atoms with Crippen molar-refractivity contribution in [3.8, 4) is 5.75 Å². The van der Waals surface area contributed by atoms with Gasteiger partial charge in [0.1, 0.15) is 5.75 Å². The average Bonchev–Trinajstić information content (AvgIpc) is 3.05. The van der Waals surface area contributed by atoms with E-state index in [1.165, 1.54) is 0 Å². The summed E-state index contributed by atoms with van der Waals surface area (Å²) in [4.78, 5) is 0. The van der Waals surface area contributed by atoms with Gasteiger partial charge in [0.15, 0.2) is 17.1 Å². The normalized spacial score (nSPS) is 12.2. The second-order valence-corrected chi connectivity index (χ2v) is 7.47. The number of rotatable bonds is 7.